The Morgan fingerprint density at radius 2 is 0.524 bits per heavy atom. The van der Waals surface area contributed by atoms with Gasteiger partial charge in [0.05, 0.1) is 13.2 Å². The van der Waals surface area contributed by atoms with Crippen LogP contribution in [0, 0.1) is 0 Å². The fraction of sp³-hybridized carbons (Fsp3) is 0.895. The normalized spacial score (nSPS) is 11.4. The molecule has 0 aromatic rings. The van der Waals surface area contributed by atoms with Crippen molar-refractivity contribution in [2.75, 3.05) is 13.2 Å². The molecule has 0 unspecified atom stereocenters. The molecule has 248 valence electrons. The second-order valence-corrected chi connectivity index (χ2v) is 12.6. The van der Waals surface area contributed by atoms with Crippen LogP contribution in [0.15, 0.2) is 12.2 Å². The Hall–Kier alpha value is -1.32. The lowest BCUT2D eigenvalue weighted by molar-refractivity contribution is -0.140. The Labute approximate surface area is 262 Å². The van der Waals surface area contributed by atoms with Crippen LogP contribution >= 0.6 is 0 Å². The van der Waals surface area contributed by atoms with Crippen LogP contribution in [0.3, 0.4) is 0 Å². The Morgan fingerprint density at radius 3 is 0.738 bits per heavy atom. The van der Waals surface area contributed by atoms with Gasteiger partial charge in [-0.05, 0) is 12.8 Å². The lowest BCUT2D eigenvalue weighted by atomic mass is 10.0. The van der Waals surface area contributed by atoms with Crippen LogP contribution in [0.5, 0.6) is 0 Å². The van der Waals surface area contributed by atoms with E-state index in [1.54, 1.807) is 0 Å². The molecule has 0 spiro atoms. The fourth-order valence-corrected chi connectivity index (χ4v) is 5.52. The fourth-order valence-electron chi connectivity index (χ4n) is 5.52. The van der Waals surface area contributed by atoms with Gasteiger partial charge in [0, 0.05) is 12.2 Å². The van der Waals surface area contributed by atoms with Crippen LogP contribution in [0.25, 0.3) is 0 Å². The SMILES string of the molecule is CCCCCCCCCCCCCCCCCOC(=O)C=CC(=O)OCCCCCCCCCCCCCCCCC. The van der Waals surface area contributed by atoms with E-state index in [-0.39, 0.29) is 0 Å². The van der Waals surface area contributed by atoms with Gasteiger partial charge in [-0.3, -0.25) is 0 Å². The van der Waals surface area contributed by atoms with Gasteiger partial charge in [0.15, 0.2) is 0 Å². The Kier molecular flexibility index (Phi) is 34.7. The largest absolute Gasteiger partial charge is 0.463 e. The van der Waals surface area contributed by atoms with Crippen molar-refractivity contribution in [1.29, 1.82) is 0 Å². The summed E-state index contributed by atoms with van der Waals surface area (Å²) in [5.41, 5.74) is 0. The number of ether oxygens (including phenoxy) is 2. The minimum Gasteiger partial charge on any atom is -0.463 e. The van der Waals surface area contributed by atoms with Crippen LogP contribution in [-0.2, 0) is 19.1 Å². The summed E-state index contributed by atoms with van der Waals surface area (Å²) in [7, 11) is 0. The average Bonchev–Trinajstić information content (AvgIpc) is 2.99. The van der Waals surface area contributed by atoms with Crippen molar-refractivity contribution in [1.82, 2.24) is 0 Å². The molecule has 4 nitrogen and oxygen atoms in total. The van der Waals surface area contributed by atoms with E-state index in [1.807, 2.05) is 0 Å². The average molecular weight is 593 g/mol. The lowest BCUT2D eigenvalue weighted by Gasteiger charge is -2.04. The topological polar surface area (TPSA) is 52.6 Å². The van der Waals surface area contributed by atoms with Gasteiger partial charge in [-0.25, -0.2) is 9.59 Å². The summed E-state index contributed by atoms with van der Waals surface area (Å²) in [6, 6.07) is 0. The molecule has 42 heavy (non-hydrogen) atoms. The van der Waals surface area contributed by atoms with E-state index < -0.39 is 11.9 Å². The van der Waals surface area contributed by atoms with Crippen LogP contribution in [0.2, 0.25) is 0 Å². The molecular weight excluding hydrogens is 520 g/mol. The van der Waals surface area contributed by atoms with E-state index >= 15 is 0 Å². The maximum atomic E-state index is 11.8. The monoisotopic (exact) mass is 593 g/mol. The van der Waals surface area contributed by atoms with Crippen molar-refractivity contribution in [3.05, 3.63) is 12.2 Å². The molecule has 0 heterocycles. The number of hydrogen-bond acceptors (Lipinski definition) is 4. The first-order chi connectivity index (χ1) is 20.7. The Balaban J connectivity index is 3.33. The minimum absolute atomic E-state index is 0.426. The number of carbonyl (C=O) groups excluding carboxylic acids is 2. The molecule has 4 heteroatoms. The predicted octanol–water partition coefficient (Wildman–Crippen LogP) is 12.4. The smallest absolute Gasteiger partial charge is 0.331 e. The second-order valence-electron chi connectivity index (χ2n) is 12.6. The Morgan fingerprint density at radius 1 is 0.333 bits per heavy atom. The molecule has 0 rings (SSSR count). The molecule has 0 aliphatic carbocycles. The summed E-state index contributed by atoms with van der Waals surface area (Å²) in [5.74, 6) is -0.909. The zero-order valence-electron chi connectivity index (χ0n) is 28.4. The van der Waals surface area contributed by atoms with E-state index in [9.17, 15) is 9.59 Å². The summed E-state index contributed by atoms with van der Waals surface area (Å²) < 4.78 is 10.4. The van der Waals surface area contributed by atoms with Crippen LogP contribution < -0.4 is 0 Å². The van der Waals surface area contributed by atoms with Crippen molar-refractivity contribution >= 4 is 11.9 Å². The molecule has 0 amide bonds. The lowest BCUT2D eigenvalue weighted by Crippen LogP contribution is -2.06. The van der Waals surface area contributed by atoms with Gasteiger partial charge in [0.1, 0.15) is 0 Å². The molecule has 0 fully saturated rings. The molecule has 0 saturated heterocycles. The molecule has 0 aliphatic rings. The van der Waals surface area contributed by atoms with E-state index in [0.717, 1.165) is 25.7 Å². The van der Waals surface area contributed by atoms with Gasteiger partial charge in [0.2, 0.25) is 0 Å². The number of esters is 2. The zero-order valence-corrected chi connectivity index (χ0v) is 28.4. The Bertz CT molecular complexity index is 536. The van der Waals surface area contributed by atoms with Gasteiger partial charge in [-0.15, -0.1) is 0 Å². The third kappa shape index (κ3) is 34.9. The number of hydrogen-bond donors (Lipinski definition) is 0. The second kappa shape index (κ2) is 35.9. The van der Waals surface area contributed by atoms with Crippen molar-refractivity contribution in [2.45, 2.75) is 206 Å². The van der Waals surface area contributed by atoms with Gasteiger partial charge < -0.3 is 9.47 Å². The number of unbranched alkanes of at least 4 members (excludes halogenated alkanes) is 28. The standard InChI is InChI=1S/C38H72O4/c1-3-5-7-9-11-13-15-17-19-21-23-25-27-29-31-35-41-37(39)33-34-38(40)42-36-32-30-28-26-24-22-20-18-16-14-12-10-8-6-4-2/h33-34H,3-32,35-36H2,1-2H3. The summed E-state index contributed by atoms with van der Waals surface area (Å²) in [5, 5.41) is 0. The van der Waals surface area contributed by atoms with E-state index in [4.69, 9.17) is 9.47 Å². The number of rotatable bonds is 34. The summed E-state index contributed by atoms with van der Waals surface area (Å²) >= 11 is 0. The molecule has 0 atom stereocenters. The summed E-state index contributed by atoms with van der Waals surface area (Å²) in [6.45, 7) is 5.40. The highest BCUT2D eigenvalue weighted by Crippen LogP contribution is 2.15. The summed E-state index contributed by atoms with van der Waals surface area (Å²) in [4.78, 5) is 23.6. The van der Waals surface area contributed by atoms with Crippen molar-refractivity contribution in [3.8, 4) is 0 Å². The van der Waals surface area contributed by atoms with Crippen molar-refractivity contribution in [3.63, 3.8) is 0 Å². The minimum atomic E-state index is -0.454. The van der Waals surface area contributed by atoms with Crippen molar-refractivity contribution < 1.29 is 19.1 Å². The first-order valence-corrected chi connectivity index (χ1v) is 18.7. The first kappa shape index (κ1) is 40.7. The molecule has 0 aromatic carbocycles. The highest BCUT2D eigenvalue weighted by atomic mass is 16.5. The molecule has 0 radical (unpaired) electrons. The van der Waals surface area contributed by atoms with Crippen molar-refractivity contribution in [2.24, 2.45) is 0 Å². The highest BCUT2D eigenvalue weighted by molar-refractivity contribution is 5.91. The first-order valence-electron chi connectivity index (χ1n) is 18.7. The van der Waals surface area contributed by atoms with Crippen LogP contribution in [0.4, 0.5) is 0 Å². The van der Waals surface area contributed by atoms with E-state index in [1.165, 1.54) is 179 Å². The third-order valence-corrected chi connectivity index (χ3v) is 8.34. The maximum absolute atomic E-state index is 11.8. The van der Waals surface area contributed by atoms with Gasteiger partial charge in [-0.2, -0.15) is 0 Å². The van der Waals surface area contributed by atoms with E-state index in [2.05, 4.69) is 13.8 Å². The summed E-state index contributed by atoms with van der Waals surface area (Å²) in [6.07, 6.45) is 41.8. The van der Waals surface area contributed by atoms with Gasteiger partial charge in [0.25, 0.3) is 0 Å². The molecule has 0 aromatic heterocycles. The number of carbonyl (C=O) groups is 2. The molecule has 0 aliphatic heterocycles. The quantitative estimate of drug-likeness (QED) is 0.0423. The zero-order chi connectivity index (χ0) is 30.6. The van der Waals surface area contributed by atoms with Crippen LogP contribution in [0.1, 0.15) is 206 Å². The molecular formula is C38H72O4. The maximum Gasteiger partial charge on any atom is 0.331 e. The van der Waals surface area contributed by atoms with Crippen LogP contribution in [-0.4, -0.2) is 25.2 Å². The molecule has 0 N–H and O–H groups in total. The van der Waals surface area contributed by atoms with Gasteiger partial charge in [-0.1, -0.05) is 194 Å². The van der Waals surface area contributed by atoms with Gasteiger partial charge >= 0.3 is 11.9 Å². The van der Waals surface area contributed by atoms with E-state index in [0.29, 0.717) is 13.2 Å². The third-order valence-electron chi connectivity index (χ3n) is 8.34. The molecule has 0 saturated carbocycles. The highest BCUT2D eigenvalue weighted by Gasteiger charge is 2.02. The molecule has 0 bridgehead atoms. The predicted molar refractivity (Wildman–Crippen MR) is 181 cm³/mol.